The Hall–Kier alpha value is -1.97. The van der Waals surface area contributed by atoms with Gasteiger partial charge in [-0.05, 0) is 0 Å². The average molecular weight is 300 g/mol. The first kappa shape index (κ1) is 16.1. The van der Waals surface area contributed by atoms with Crippen LogP contribution in [0, 0.1) is 0 Å². The van der Waals surface area contributed by atoms with Gasteiger partial charge in [0.1, 0.15) is 5.75 Å². The second-order valence-electron chi connectivity index (χ2n) is 3.60. The minimum atomic E-state index is -5.20. The Bertz CT molecular complexity index is 504. The molecule has 1 aromatic rings. The highest BCUT2D eigenvalue weighted by atomic mass is 19.4. The number of halogens is 5. The molecule has 0 aliphatic rings. The molecule has 0 aromatic carbocycles. The molecule has 0 amide bonds. The summed E-state index contributed by atoms with van der Waals surface area (Å²) in [5, 5.41) is 8.58. The Morgan fingerprint density at radius 2 is 2.05 bits per heavy atom. The zero-order valence-electron chi connectivity index (χ0n) is 9.75. The van der Waals surface area contributed by atoms with Crippen LogP contribution in [0.15, 0.2) is 6.07 Å². The van der Waals surface area contributed by atoms with Crippen molar-refractivity contribution in [2.24, 2.45) is 5.73 Å². The Balaban J connectivity index is 3.41. The van der Waals surface area contributed by atoms with Crippen molar-refractivity contribution in [3.63, 3.8) is 0 Å². The number of carbonyl (C=O) groups is 1. The summed E-state index contributed by atoms with van der Waals surface area (Å²) in [5.74, 6) is -2.72. The zero-order chi connectivity index (χ0) is 15.5. The summed E-state index contributed by atoms with van der Waals surface area (Å²) in [6.45, 7) is -0.357. The van der Waals surface area contributed by atoms with Gasteiger partial charge in [-0.2, -0.15) is 0 Å². The van der Waals surface area contributed by atoms with Crippen LogP contribution >= 0.6 is 0 Å². The molecule has 10 heteroatoms. The van der Waals surface area contributed by atoms with E-state index in [9.17, 15) is 26.7 Å². The molecule has 20 heavy (non-hydrogen) atoms. The van der Waals surface area contributed by atoms with Crippen molar-refractivity contribution in [2.45, 2.75) is 25.8 Å². The highest BCUT2D eigenvalue weighted by molar-refractivity contribution is 5.70. The molecular weight excluding hydrogens is 291 g/mol. The van der Waals surface area contributed by atoms with Crippen molar-refractivity contribution in [2.75, 3.05) is 0 Å². The summed E-state index contributed by atoms with van der Waals surface area (Å²) in [6.07, 6.45) is -9.54. The third kappa shape index (κ3) is 4.30. The third-order valence-electron chi connectivity index (χ3n) is 2.12. The number of aromatic nitrogens is 1. The lowest BCUT2D eigenvalue weighted by Crippen LogP contribution is -2.20. The first-order valence-corrected chi connectivity index (χ1v) is 5.12. The number of carboxylic acid groups (broad SMARTS) is 1. The summed E-state index contributed by atoms with van der Waals surface area (Å²) in [6, 6.07) is 0.611. The largest absolute Gasteiger partial charge is 0.573 e. The van der Waals surface area contributed by atoms with E-state index in [2.05, 4.69) is 9.72 Å². The fourth-order valence-electron chi connectivity index (χ4n) is 1.46. The molecule has 3 N–H and O–H groups in total. The summed E-state index contributed by atoms with van der Waals surface area (Å²) in [4.78, 5) is 14.1. The SMILES string of the molecule is NCc1cc(OC(F)(F)F)c(C(F)F)c(CC(=O)O)n1. The number of ether oxygens (including phenoxy) is 1. The van der Waals surface area contributed by atoms with E-state index >= 15 is 0 Å². The molecule has 1 heterocycles. The van der Waals surface area contributed by atoms with Crippen LogP contribution in [-0.4, -0.2) is 22.4 Å². The molecule has 0 atom stereocenters. The minimum Gasteiger partial charge on any atom is -0.481 e. The number of alkyl halides is 5. The number of nitrogens with two attached hydrogens (primary N) is 1. The Labute approximate surface area is 109 Å². The number of pyridine rings is 1. The molecule has 0 unspecified atom stereocenters. The summed E-state index contributed by atoms with van der Waals surface area (Å²) in [7, 11) is 0. The number of aliphatic carboxylic acids is 1. The van der Waals surface area contributed by atoms with Crippen LogP contribution in [0.2, 0.25) is 0 Å². The van der Waals surface area contributed by atoms with Crippen molar-refractivity contribution in [3.8, 4) is 5.75 Å². The van der Waals surface area contributed by atoms with Crippen LogP contribution < -0.4 is 10.5 Å². The van der Waals surface area contributed by atoms with Gasteiger partial charge in [0.15, 0.2) is 0 Å². The van der Waals surface area contributed by atoms with Crippen LogP contribution in [-0.2, 0) is 17.8 Å². The predicted octanol–water partition coefficient (Wildman–Crippen LogP) is 2.00. The number of nitrogens with zero attached hydrogens (tertiary/aromatic N) is 1. The van der Waals surface area contributed by atoms with E-state index in [1.165, 1.54) is 0 Å². The highest BCUT2D eigenvalue weighted by Crippen LogP contribution is 2.35. The Kier molecular flexibility index (Phi) is 4.82. The number of carboxylic acids is 1. The molecule has 1 rings (SSSR count). The standard InChI is InChI=1S/C10H9F5N2O3/c11-9(12)8-5(2-7(18)19)17-4(3-16)1-6(8)20-10(13,14)15/h1,9H,2-3,16H2,(H,18,19). The maximum Gasteiger partial charge on any atom is 0.573 e. The van der Waals surface area contributed by atoms with Gasteiger partial charge < -0.3 is 15.6 Å². The molecule has 5 nitrogen and oxygen atoms in total. The monoisotopic (exact) mass is 300 g/mol. The topological polar surface area (TPSA) is 85.4 Å². The van der Waals surface area contributed by atoms with Gasteiger partial charge in [0, 0.05) is 12.6 Å². The van der Waals surface area contributed by atoms with Crippen molar-refractivity contribution >= 4 is 5.97 Å². The van der Waals surface area contributed by atoms with Crippen LogP contribution in [0.5, 0.6) is 5.75 Å². The molecule has 0 fully saturated rings. The van der Waals surface area contributed by atoms with E-state index in [4.69, 9.17) is 10.8 Å². The summed E-state index contributed by atoms with van der Waals surface area (Å²) in [5.41, 5.74) is 3.06. The van der Waals surface area contributed by atoms with Gasteiger partial charge in [0.05, 0.1) is 23.4 Å². The maximum absolute atomic E-state index is 12.8. The lowest BCUT2D eigenvalue weighted by atomic mass is 10.1. The summed E-state index contributed by atoms with van der Waals surface area (Å²) < 4.78 is 65.7. The molecule has 0 radical (unpaired) electrons. The smallest absolute Gasteiger partial charge is 0.481 e. The van der Waals surface area contributed by atoms with E-state index in [1.54, 1.807) is 0 Å². The van der Waals surface area contributed by atoms with E-state index in [0.717, 1.165) is 0 Å². The van der Waals surface area contributed by atoms with Crippen molar-refractivity contribution in [1.29, 1.82) is 0 Å². The van der Waals surface area contributed by atoms with Crippen molar-refractivity contribution in [1.82, 2.24) is 4.98 Å². The Morgan fingerprint density at radius 1 is 1.45 bits per heavy atom. The molecule has 0 aliphatic carbocycles. The van der Waals surface area contributed by atoms with Crippen LogP contribution in [0.4, 0.5) is 22.0 Å². The van der Waals surface area contributed by atoms with E-state index in [-0.39, 0.29) is 12.2 Å². The summed E-state index contributed by atoms with van der Waals surface area (Å²) >= 11 is 0. The first-order chi connectivity index (χ1) is 9.14. The molecule has 0 bridgehead atoms. The fourth-order valence-corrected chi connectivity index (χ4v) is 1.46. The van der Waals surface area contributed by atoms with Crippen LogP contribution in [0.1, 0.15) is 23.4 Å². The molecule has 1 aromatic heterocycles. The number of rotatable bonds is 5. The van der Waals surface area contributed by atoms with E-state index in [0.29, 0.717) is 6.07 Å². The van der Waals surface area contributed by atoms with Gasteiger partial charge in [0.2, 0.25) is 0 Å². The van der Waals surface area contributed by atoms with E-state index in [1.807, 2.05) is 0 Å². The van der Waals surface area contributed by atoms with Gasteiger partial charge >= 0.3 is 12.3 Å². The maximum atomic E-state index is 12.8. The average Bonchev–Trinajstić information content (AvgIpc) is 2.24. The molecule has 0 saturated heterocycles. The van der Waals surface area contributed by atoms with Gasteiger partial charge in [-0.1, -0.05) is 0 Å². The van der Waals surface area contributed by atoms with Crippen molar-refractivity contribution < 1.29 is 36.6 Å². The molecule has 0 spiro atoms. The fraction of sp³-hybridized carbons (Fsp3) is 0.400. The van der Waals surface area contributed by atoms with Crippen LogP contribution in [0.25, 0.3) is 0 Å². The molecule has 0 aliphatic heterocycles. The zero-order valence-corrected chi connectivity index (χ0v) is 9.75. The first-order valence-electron chi connectivity index (χ1n) is 5.12. The lowest BCUT2D eigenvalue weighted by molar-refractivity contribution is -0.275. The van der Waals surface area contributed by atoms with Crippen molar-refractivity contribution in [3.05, 3.63) is 23.0 Å². The number of hydrogen-bond donors (Lipinski definition) is 2. The molecular formula is C10H9F5N2O3. The molecule has 0 saturated carbocycles. The Morgan fingerprint density at radius 3 is 2.45 bits per heavy atom. The lowest BCUT2D eigenvalue weighted by Gasteiger charge is -2.16. The normalized spacial score (nSPS) is 11.8. The molecule has 112 valence electrons. The second-order valence-corrected chi connectivity index (χ2v) is 3.60. The third-order valence-corrected chi connectivity index (χ3v) is 2.12. The van der Waals surface area contributed by atoms with Gasteiger partial charge in [0.25, 0.3) is 6.43 Å². The predicted molar refractivity (Wildman–Crippen MR) is 55.1 cm³/mol. The minimum absolute atomic E-state index is 0.190. The van der Waals surface area contributed by atoms with E-state index < -0.39 is 42.2 Å². The highest BCUT2D eigenvalue weighted by Gasteiger charge is 2.35. The van der Waals surface area contributed by atoms with Gasteiger partial charge in [-0.15, -0.1) is 13.2 Å². The second kappa shape index (κ2) is 5.99. The quantitative estimate of drug-likeness (QED) is 0.812. The number of hydrogen-bond acceptors (Lipinski definition) is 4. The van der Waals surface area contributed by atoms with Gasteiger partial charge in [-0.3, -0.25) is 9.78 Å². The van der Waals surface area contributed by atoms with Gasteiger partial charge in [-0.25, -0.2) is 8.78 Å². The van der Waals surface area contributed by atoms with Crippen LogP contribution in [0.3, 0.4) is 0 Å².